The molecule has 1 aliphatic rings. The highest BCUT2D eigenvalue weighted by molar-refractivity contribution is 5.80. The molecule has 132 valence electrons. The Bertz CT molecular complexity index is 990. The normalized spacial score (nSPS) is 15.2. The van der Waals surface area contributed by atoms with Gasteiger partial charge in [0.15, 0.2) is 6.61 Å². The number of carbonyl (C=O) groups is 1. The molecule has 0 unspecified atom stereocenters. The van der Waals surface area contributed by atoms with Crippen molar-refractivity contribution in [3.8, 4) is 5.75 Å². The number of fused-ring (bicyclic) bond motifs is 1. The van der Waals surface area contributed by atoms with E-state index >= 15 is 0 Å². The van der Waals surface area contributed by atoms with Gasteiger partial charge in [-0.15, -0.1) is 0 Å². The molecule has 1 saturated carbocycles. The fourth-order valence-electron chi connectivity index (χ4n) is 3.36. The van der Waals surface area contributed by atoms with Crippen LogP contribution < -0.4 is 15.7 Å². The lowest BCUT2D eigenvalue weighted by atomic mass is 9.72. The summed E-state index contributed by atoms with van der Waals surface area (Å²) in [6.07, 6.45) is 2.97. The van der Waals surface area contributed by atoms with Crippen LogP contribution in [0.5, 0.6) is 5.75 Å². The van der Waals surface area contributed by atoms with E-state index in [0.717, 1.165) is 30.2 Å². The van der Waals surface area contributed by atoms with Crippen molar-refractivity contribution in [2.24, 2.45) is 0 Å². The van der Waals surface area contributed by atoms with E-state index in [9.17, 15) is 9.59 Å². The zero-order valence-electron chi connectivity index (χ0n) is 14.2. The highest BCUT2D eigenvalue weighted by atomic mass is 16.5. The van der Waals surface area contributed by atoms with Crippen LogP contribution in [0.2, 0.25) is 0 Å². The number of ether oxygens (including phenoxy) is 1. The molecule has 0 saturated heterocycles. The first-order valence-corrected chi connectivity index (χ1v) is 8.68. The van der Waals surface area contributed by atoms with Gasteiger partial charge >= 0.3 is 5.63 Å². The van der Waals surface area contributed by atoms with Crippen LogP contribution in [0.25, 0.3) is 11.0 Å². The minimum Gasteiger partial charge on any atom is -0.484 e. The summed E-state index contributed by atoms with van der Waals surface area (Å²) in [5, 5.41) is 3.93. The molecule has 1 N–H and O–H groups in total. The Kier molecular flexibility index (Phi) is 4.21. The number of nitrogens with one attached hydrogen (secondary N) is 1. The van der Waals surface area contributed by atoms with Crippen molar-refractivity contribution in [1.82, 2.24) is 5.32 Å². The van der Waals surface area contributed by atoms with Gasteiger partial charge in [0.05, 0.1) is 5.54 Å². The second kappa shape index (κ2) is 6.67. The highest BCUT2D eigenvalue weighted by Crippen LogP contribution is 2.41. The molecule has 2 aromatic carbocycles. The average Bonchev–Trinajstić information content (AvgIpc) is 2.63. The van der Waals surface area contributed by atoms with Crippen LogP contribution in [0.3, 0.4) is 0 Å². The summed E-state index contributed by atoms with van der Waals surface area (Å²) in [5.74, 6) is 0.326. The van der Waals surface area contributed by atoms with Gasteiger partial charge in [-0.05, 0) is 43.0 Å². The second-order valence-electron chi connectivity index (χ2n) is 6.59. The monoisotopic (exact) mass is 349 g/mol. The van der Waals surface area contributed by atoms with Gasteiger partial charge < -0.3 is 14.5 Å². The molecule has 0 atom stereocenters. The minimum absolute atomic E-state index is 0.0862. The summed E-state index contributed by atoms with van der Waals surface area (Å²) in [7, 11) is 0. The third-order valence-corrected chi connectivity index (χ3v) is 4.88. The van der Waals surface area contributed by atoms with E-state index in [1.807, 2.05) is 30.3 Å². The quantitative estimate of drug-likeness (QED) is 0.717. The number of hydrogen-bond donors (Lipinski definition) is 1. The van der Waals surface area contributed by atoms with Gasteiger partial charge in [-0.25, -0.2) is 4.79 Å². The van der Waals surface area contributed by atoms with Crippen molar-refractivity contribution in [1.29, 1.82) is 0 Å². The van der Waals surface area contributed by atoms with E-state index < -0.39 is 5.63 Å². The molecule has 1 heterocycles. The summed E-state index contributed by atoms with van der Waals surface area (Å²) in [4.78, 5) is 23.7. The fourth-order valence-corrected chi connectivity index (χ4v) is 3.36. The van der Waals surface area contributed by atoms with Gasteiger partial charge in [-0.2, -0.15) is 0 Å². The Morgan fingerprint density at radius 3 is 2.58 bits per heavy atom. The van der Waals surface area contributed by atoms with Crippen LogP contribution in [0.1, 0.15) is 24.8 Å². The lowest BCUT2D eigenvalue weighted by Crippen LogP contribution is -2.52. The highest BCUT2D eigenvalue weighted by Gasteiger charge is 2.39. The smallest absolute Gasteiger partial charge is 0.336 e. The predicted molar refractivity (Wildman–Crippen MR) is 98.1 cm³/mol. The topological polar surface area (TPSA) is 68.5 Å². The van der Waals surface area contributed by atoms with Crippen LogP contribution in [0.4, 0.5) is 0 Å². The molecule has 3 aromatic rings. The Balaban J connectivity index is 1.43. The first-order chi connectivity index (χ1) is 12.6. The van der Waals surface area contributed by atoms with Crippen LogP contribution >= 0.6 is 0 Å². The Morgan fingerprint density at radius 2 is 1.85 bits per heavy atom. The summed E-state index contributed by atoms with van der Waals surface area (Å²) in [5.41, 5.74) is 0.877. The maximum absolute atomic E-state index is 12.4. The zero-order valence-corrected chi connectivity index (χ0v) is 14.2. The molecule has 0 aliphatic heterocycles. The fraction of sp³-hybridized carbons (Fsp3) is 0.238. The van der Waals surface area contributed by atoms with E-state index in [-0.39, 0.29) is 18.1 Å². The third kappa shape index (κ3) is 3.20. The summed E-state index contributed by atoms with van der Waals surface area (Å²) < 4.78 is 10.7. The van der Waals surface area contributed by atoms with Gasteiger partial charge in [-0.3, -0.25) is 4.79 Å². The molecule has 0 radical (unpaired) electrons. The number of benzene rings is 2. The van der Waals surface area contributed by atoms with Crippen LogP contribution in [0, 0.1) is 0 Å². The van der Waals surface area contributed by atoms with Gasteiger partial charge in [0.2, 0.25) is 0 Å². The number of amides is 1. The molecule has 0 spiro atoms. The first kappa shape index (κ1) is 16.4. The Hall–Kier alpha value is -3.08. The van der Waals surface area contributed by atoms with Gasteiger partial charge in [0.25, 0.3) is 5.91 Å². The first-order valence-electron chi connectivity index (χ1n) is 8.68. The third-order valence-electron chi connectivity index (χ3n) is 4.88. The van der Waals surface area contributed by atoms with E-state index in [1.54, 1.807) is 24.3 Å². The molecule has 1 aliphatic carbocycles. The van der Waals surface area contributed by atoms with E-state index in [1.165, 1.54) is 6.07 Å². The molecule has 1 fully saturated rings. The SMILES string of the molecule is O=C(COc1ccc2ccc(=O)oc2c1)NC1(c2ccccc2)CCC1. The van der Waals surface area contributed by atoms with Crippen LogP contribution in [-0.4, -0.2) is 12.5 Å². The lowest BCUT2D eigenvalue weighted by molar-refractivity contribution is -0.126. The number of carbonyl (C=O) groups excluding carboxylic acids is 1. The zero-order chi connectivity index (χ0) is 18.0. The van der Waals surface area contributed by atoms with Gasteiger partial charge in [0.1, 0.15) is 11.3 Å². The standard InChI is InChI=1S/C21H19NO4/c23-19(22-21(11-4-12-21)16-5-2-1-3-6-16)14-25-17-9-7-15-8-10-20(24)26-18(15)13-17/h1-3,5-10,13H,4,11-12,14H2,(H,22,23). The van der Waals surface area contributed by atoms with E-state index in [4.69, 9.17) is 9.15 Å². The van der Waals surface area contributed by atoms with Crippen molar-refractivity contribution >= 4 is 16.9 Å². The summed E-state index contributed by atoms with van der Waals surface area (Å²) >= 11 is 0. The van der Waals surface area contributed by atoms with Crippen molar-refractivity contribution in [2.45, 2.75) is 24.8 Å². The van der Waals surface area contributed by atoms with Crippen molar-refractivity contribution in [2.75, 3.05) is 6.61 Å². The average molecular weight is 349 g/mol. The molecule has 1 aromatic heterocycles. The Labute approximate surface area is 150 Å². The molecule has 4 rings (SSSR count). The largest absolute Gasteiger partial charge is 0.484 e. The molecular formula is C21H19NO4. The molecule has 5 nitrogen and oxygen atoms in total. The van der Waals surface area contributed by atoms with Crippen LogP contribution in [0.15, 0.2) is 69.9 Å². The predicted octanol–water partition coefficient (Wildman–Crippen LogP) is 3.37. The van der Waals surface area contributed by atoms with Crippen molar-refractivity contribution < 1.29 is 13.9 Å². The maximum Gasteiger partial charge on any atom is 0.336 e. The minimum atomic E-state index is -0.415. The van der Waals surface area contributed by atoms with Crippen molar-refractivity contribution in [3.63, 3.8) is 0 Å². The van der Waals surface area contributed by atoms with Gasteiger partial charge in [-0.1, -0.05) is 30.3 Å². The summed E-state index contributed by atoms with van der Waals surface area (Å²) in [6.45, 7) is -0.0862. The Morgan fingerprint density at radius 1 is 1.08 bits per heavy atom. The van der Waals surface area contributed by atoms with E-state index in [2.05, 4.69) is 5.32 Å². The molecule has 26 heavy (non-hydrogen) atoms. The summed E-state index contributed by atoms with van der Waals surface area (Å²) in [6, 6.07) is 18.3. The molecular weight excluding hydrogens is 330 g/mol. The van der Waals surface area contributed by atoms with Gasteiger partial charge in [0, 0.05) is 17.5 Å². The van der Waals surface area contributed by atoms with Crippen LogP contribution in [-0.2, 0) is 10.3 Å². The lowest BCUT2D eigenvalue weighted by Gasteiger charge is -2.43. The van der Waals surface area contributed by atoms with Crippen molar-refractivity contribution in [3.05, 3.63) is 76.6 Å². The molecule has 1 amide bonds. The maximum atomic E-state index is 12.4. The second-order valence-corrected chi connectivity index (χ2v) is 6.59. The van der Waals surface area contributed by atoms with E-state index in [0.29, 0.717) is 11.3 Å². The number of rotatable bonds is 5. The molecule has 0 bridgehead atoms. The number of hydrogen-bond acceptors (Lipinski definition) is 4. The molecule has 5 heteroatoms.